The summed E-state index contributed by atoms with van der Waals surface area (Å²) < 4.78 is 38.5. The minimum absolute atomic E-state index is 0.149. The number of nitrogens with zero attached hydrogens (tertiary/aromatic N) is 3. The van der Waals surface area contributed by atoms with Crippen LogP contribution in [0.25, 0.3) is 0 Å². The van der Waals surface area contributed by atoms with E-state index < -0.39 is 18.3 Å². The number of rotatable bonds is 2. The molecule has 0 spiro atoms. The highest BCUT2D eigenvalue weighted by molar-refractivity contribution is 5.43. The Hall–Kier alpha value is -1.37. The molecule has 1 aromatic heterocycles. The van der Waals surface area contributed by atoms with E-state index in [2.05, 4.69) is 9.97 Å². The molecule has 2 heterocycles. The summed E-state index contributed by atoms with van der Waals surface area (Å²) in [6.07, 6.45) is -2.85. The maximum absolute atomic E-state index is 12.8. The number of aryl methyl sites for hydroxylation is 1. The molecule has 0 unspecified atom stereocenters. The molecule has 7 heteroatoms. The van der Waals surface area contributed by atoms with Gasteiger partial charge in [-0.2, -0.15) is 13.2 Å². The van der Waals surface area contributed by atoms with Gasteiger partial charge in [0.25, 0.3) is 0 Å². The van der Waals surface area contributed by atoms with Gasteiger partial charge in [-0.25, -0.2) is 9.97 Å². The normalized spacial score (nSPS) is 27.1. The summed E-state index contributed by atoms with van der Waals surface area (Å²) in [6.45, 7) is 1.50. The Bertz CT molecular complexity index is 530. The first-order chi connectivity index (χ1) is 9.28. The molecular formula is C13H16F3N3O. The van der Waals surface area contributed by atoms with Crippen molar-refractivity contribution in [3.63, 3.8) is 0 Å². The molecule has 2 aliphatic rings. The van der Waals surface area contributed by atoms with E-state index in [1.807, 2.05) is 6.92 Å². The van der Waals surface area contributed by atoms with Gasteiger partial charge in [0, 0.05) is 30.6 Å². The van der Waals surface area contributed by atoms with Crippen LogP contribution in [0.15, 0.2) is 6.07 Å². The number of aromatic nitrogens is 2. The first-order valence-corrected chi connectivity index (χ1v) is 6.68. The van der Waals surface area contributed by atoms with Gasteiger partial charge in [-0.1, -0.05) is 0 Å². The maximum atomic E-state index is 12.8. The van der Waals surface area contributed by atoms with E-state index in [0.29, 0.717) is 17.6 Å². The molecule has 110 valence electrons. The highest BCUT2D eigenvalue weighted by atomic mass is 19.4. The van der Waals surface area contributed by atoms with E-state index in [-0.39, 0.29) is 13.0 Å². The van der Waals surface area contributed by atoms with E-state index in [1.54, 1.807) is 6.07 Å². The number of hydrogen-bond acceptors (Lipinski definition) is 4. The number of alkyl halides is 3. The first kappa shape index (κ1) is 13.6. The summed E-state index contributed by atoms with van der Waals surface area (Å²) >= 11 is 0. The Morgan fingerprint density at radius 3 is 2.60 bits per heavy atom. The molecule has 2 fully saturated rings. The van der Waals surface area contributed by atoms with Crippen molar-refractivity contribution in [3.8, 4) is 0 Å². The largest absolute Gasteiger partial charge is 0.418 e. The van der Waals surface area contributed by atoms with Crippen LogP contribution in [0.4, 0.5) is 19.0 Å². The lowest BCUT2D eigenvalue weighted by Gasteiger charge is -2.26. The molecule has 0 bridgehead atoms. The van der Waals surface area contributed by atoms with Crippen molar-refractivity contribution in [2.45, 2.75) is 43.9 Å². The van der Waals surface area contributed by atoms with Crippen LogP contribution >= 0.6 is 0 Å². The van der Waals surface area contributed by atoms with E-state index >= 15 is 0 Å². The maximum Gasteiger partial charge on any atom is 0.418 e. The molecule has 1 aromatic rings. The first-order valence-electron chi connectivity index (χ1n) is 6.68. The standard InChI is InChI=1S/C13H16F3N3O/c1-8-6-10(18-11(17-8)9-2-3-9)19-5-4-12(20,7-19)13(14,15)16/h6,9,20H,2-5,7H2,1H3/t12-/m1/s1. The van der Waals surface area contributed by atoms with Crippen LogP contribution in [0.2, 0.25) is 0 Å². The summed E-state index contributed by atoms with van der Waals surface area (Å²) in [6, 6.07) is 1.67. The van der Waals surface area contributed by atoms with Crippen molar-refractivity contribution in [2.24, 2.45) is 0 Å². The van der Waals surface area contributed by atoms with E-state index in [1.165, 1.54) is 4.90 Å². The molecule has 1 saturated heterocycles. The number of halogens is 3. The minimum atomic E-state index is -4.61. The minimum Gasteiger partial charge on any atom is -0.379 e. The lowest BCUT2D eigenvalue weighted by atomic mass is 10.0. The van der Waals surface area contributed by atoms with Crippen LogP contribution in [-0.2, 0) is 0 Å². The lowest BCUT2D eigenvalue weighted by Crippen LogP contribution is -2.47. The molecule has 1 aliphatic heterocycles. The zero-order valence-electron chi connectivity index (χ0n) is 11.1. The molecule has 1 aliphatic carbocycles. The molecule has 0 radical (unpaired) electrons. The van der Waals surface area contributed by atoms with E-state index in [9.17, 15) is 18.3 Å². The zero-order chi connectivity index (χ0) is 14.5. The Balaban J connectivity index is 1.84. The molecule has 20 heavy (non-hydrogen) atoms. The van der Waals surface area contributed by atoms with E-state index in [0.717, 1.165) is 18.5 Å². The molecule has 0 amide bonds. The Kier molecular flexibility index (Phi) is 2.93. The van der Waals surface area contributed by atoms with Crippen LogP contribution in [-0.4, -0.2) is 39.9 Å². The van der Waals surface area contributed by atoms with Crippen LogP contribution in [0.3, 0.4) is 0 Å². The molecule has 1 N–H and O–H groups in total. The summed E-state index contributed by atoms with van der Waals surface area (Å²) in [5.74, 6) is 1.54. The average molecular weight is 287 g/mol. The fourth-order valence-corrected chi connectivity index (χ4v) is 2.48. The summed E-state index contributed by atoms with van der Waals surface area (Å²) in [7, 11) is 0. The second kappa shape index (κ2) is 4.31. The van der Waals surface area contributed by atoms with Gasteiger partial charge in [0.05, 0.1) is 6.54 Å². The summed E-state index contributed by atoms with van der Waals surface area (Å²) in [4.78, 5) is 10.2. The zero-order valence-corrected chi connectivity index (χ0v) is 11.1. The van der Waals surface area contributed by atoms with Crippen molar-refractivity contribution in [3.05, 3.63) is 17.6 Å². The quantitative estimate of drug-likeness (QED) is 0.905. The van der Waals surface area contributed by atoms with Gasteiger partial charge in [0.2, 0.25) is 0 Å². The highest BCUT2D eigenvalue weighted by Crippen LogP contribution is 2.41. The predicted molar refractivity (Wildman–Crippen MR) is 66.6 cm³/mol. The van der Waals surface area contributed by atoms with Crippen LogP contribution in [0.1, 0.15) is 36.7 Å². The highest BCUT2D eigenvalue weighted by Gasteiger charge is 2.57. The smallest absolute Gasteiger partial charge is 0.379 e. The van der Waals surface area contributed by atoms with Gasteiger partial charge in [0.15, 0.2) is 5.60 Å². The third-order valence-electron chi connectivity index (χ3n) is 3.90. The van der Waals surface area contributed by atoms with Gasteiger partial charge in [-0.3, -0.25) is 0 Å². The summed E-state index contributed by atoms with van der Waals surface area (Å²) in [5, 5.41) is 9.71. The van der Waals surface area contributed by atoms with Gasteiger partial charge in [0.1, 0.15) is 11.6 Å². The third-order valence-corrected chi connectivity index (χ3v) is 3.90. The number of β-amino-alcohol motifs (C(OH)–C–C–N with tert-alkyl or cyclic N) is 1. The monoisotopic (exact) mass is 287 g/mol. The second-order valence-electron chi connectivity index (χ2n) is 5.70. The lowest BCUT2D eigenvalue weighted by molar-refractivity contribution is -0.250. The van der Waals surface area contributed by atoms with Crippen molar-refractivity contribution in [2.75, 3.05) is 18.0 Å². The number of hydrogen-bond donors (Lipinski definition) is 1. The third kappa shape index (κ3) is 2.34. The van der Waals surface area contributed by atoms with Gasteiger partial charge >= 0.3 is 6.18 Å². The van der Waals surface area contributed by atoms with Gasteiger partial charge in [-0.05, 0) is 19.8 Å². The topological polar surface area (TPSA) is 49.2 Å². The van der Waals surface area contributed by atoms with Gasteiger partial charge < -0.3 is 10.0 Å². The Morgan fingerprint density at radius 2 is 2.05 bits per heavy atom. The molecule has 1 saturated carbocycles. The van der Waals surface area contributed by atoms with Crippen LogP contribution in [0.5, 0.6) is 0 Å². The molecule has 3 rings (SSSR count). The Morgan fingerprint density at radius 1 is 1.35 bits per heavy atom. The van der Waals surface area contributed by atoms with Crippen LogP contribution < -0.4 is 4.90 Å². The number of aliphatic hydroxyl groups is 1. The SMILES string of the molecule is Cc1cc(N2CC[C@](O)(C(F)(F)F)C2)nc(C2CC2)n1. The molecular weight excluding hydrogens is 271 g/mol. The summed E-state index contributed by atoms with van der Waals surface area (Å²) in [5.41, 5.74) is -1.88. The van der Waals surface area contributed by atoms with Crippen molar-refractivity contribution in [1.29, 1.82) is 0 Å². The van der Waals surface area contributed by atoms with Gasteiger partial charge in [-0.15, -0.1) is 0 Å². The van der Waals surface area contributed by atoms with Crippen molar-refractivity contribution < 1.29 is 18.3 Å². The average Bonchev–Trinajstić information content (AvgIpc) is 3.10. The van der Waals surface area contributed by atoms with Crippen LogP contribution in [0, 0.1) is 6.92 Å². The predicted octanol–water partition coefficient (Wildman–Crippen LogP) is 2.17. The number of anilines is 1. The second-order valence-corrected chi connectivity index (χ2v) is 5.70. The van der Waals surface area contributed by atoms with Crippen molar-refractivity contribution in [1.82, 2.24) is 9.97 Å². The fraction of sp³-hybridized carbons (Fsp3) is 0.692. The molecule has 0 aromatic carbocycles. The Labute approximate surface area is 114 Å². The fourth-order valence-electron chi connectivity index (χ4n) is 2.48. The van der Waals surface area contributed by atoms with Crippen molar-refractivity contribution >= 4 is 5.82 Å². The molecule has 4 nitrogen and oxygen atoms in total. The molecule has 1 atom stereocenters. The van der Waals surface area contributed by atoms with E-state index in [4.69, 9.17) is 0 Å².